The Morgan fingerprint density at radius 3 is 2.23 bits per heavy atom. The van der Waals surface area contributed by atoms with Crippen LogP contribution < -0.4 is 0 Å². The molecule has 2 rings (SSSR count). The number of aryl methyl sites for hydroxylation is 1. The molecule has 70 valence electrons. The molecule has 0 spiro atoms. The van der Waals surface area contributed by atoms with Gasteiger partial charge in [-0.25, -0.2) is 0 Å². The highest BCUT2D eigenvalue weighted by atomic mass is 16.5. The Morgan fingerprint density at radius 1 is 1.23 bits per heavy atom. The van der Waals surface area contributed by atoms with E-state index in [-0.39, 0.29) is 5.41 Å². The van der Waals surface area contributed by atoms with Crippen LogP contribution >= 0.6 is 0 Å². The molecule has 0 amide bonds. The van der Waals surface area contributed by atoms with E-state index in [1.54, 1.807) is 0 Å². The van der Waals surface area contributed by atoms with Gasteiger partial charge in [-0.2, -0.15) is 0 Å². The van der Waals surface area contributed by atoms with Crippen LogP contribution in [0.5, 0.6) is 0 Å². The molecule has 1 fully saturated rings. The van der Waals surface area contributed by atoms with E-state index >= 15 is 0 Å². The summed E-state index contributed by atoms with van der Waals surface area (Å²) in [5.74, 6) is 0. The first-order valence-corrected chi connectivity index (χ1v) is 4.92. The Labute approximate surface area is 79.7 Å². The fraction of sp³-hybridized carbons (Fsp3) is 0.500. The average Bonchev–Trinajstić information content (AvgIpc) is 2.14. The highest BCUT2D eigenvalue weighted by Gasteiger charge is 2.34. The standard InChI is InChI=1S/C12H16O/c1-3-10-4-6-11(7-5-10)12(2)8-13-9-12/h4-7H,3,8-9H2,1-2H3. The molecule has 1 heteroatoms. The van der Waals surface area contributed by atoms with Crippen LogP contribution in [-0.4, -0.2) is 13.2 Å². The quantitative estimate of drug-likeness (QED) is 0.673. The largest absolute Gasteiger partial charge is 0.379 e. The van der Waals surface area contributed by atoms with Gasteiger partial charge in [0.15, 0.2) is 0 Å². The van der Waals surface area contributed by atoms with Gasteiger partial charge in [-0.1, -0.05) is 38.1 Å². The molecule has 0 N–H and O–H groups in total. The van der Waals surface area contributed by atoms with Gasteiger partial charge in [-0.3, -0.25) is 0 Å². The van der Waals surface area contributed by atoms with Crippen LogP contribution in [0.25, 0.3) is 0 Å². The highest BCUT2D eigenvalue weighted by Crippen LogP contribution is 2.31. The van der Waals surface area contributed by atoms with Crippen molar-refractivity contribution in [2.75, 3.05) is 13.2 Å². The number of benzene rings is 1. The number of hydrogen-bond donors (Lipinski definition) is 0. The molecule has 1 heterocycles. The first kappa shape index (κ1) is 8.76. The zero-order valence-electron chi connectivity index (χ0n) is 8.34. The Hall–Kier alpha value is -0.820. The number of hydrogen-bond acceptors (Lipinski definition) is 1. The van der Waals surface area contributed by atoms with Gasteiger partial charge >= 0.3 is 0 Å². The summed E-state index contributed by atoms with van der Waals surface area (Å²) >= 11 is 0. The molecule has 0 unspecified atom stereocenters. The molecule has 13 heavy (non-hydrogen) atoms. The first-order valence-electron chi connectivity index (χ1n) is 4.92. The van der Waals surface area contributed by atoms with Gasteiger partial charge in [-0.15, -0.1) is 0 Å². The monoisotopic (exact) mass is 176 g/mol. The summed E-state index contributed by atoms with van der Waals surface area (Å²) in [6, 6.07) is 8.92. The molecule has 1 aliphatic rings. The Bertz CT molecular complexity index is 282. The fourth-order valence-corrected chi connectivity index (χ4v) is 1.72. The van der Waals surface area contributed by atoms with Crippen molar-refractivity contribution in [3.63, 3.8) is 0 Å². The van der Waals surface area contributed by atoms with Crippen molar-refractivity contribution in [1.29, 1.82) is 0 Å². The van der Waals surface area contributed by atoms with E-state index in [1.807, 2.05) is 0 Å². The normalized spacial score (nSPS) is 19.5. The topological polar surface area (TPSA) is 9.23 Å². The van der Waals surface area contributed by atoms with E-state index in [2.05, 4.69) is 38.1 Å². The lowest BCUT2D eigenvalue weighted by atomic mass is 9.80. The molecule has 1 saturated heterocycles. The predicted octanol–water partition coefficient (Wildman–Crippen LogP) is 2.54. The van der Waals surface area contributed by atoms with Crippen LogP contribution in [0, 0.1) is 0 Å². The lowest BCUT2D eigenvalue weighted by Crippen LogP contribution is -2.43. The fourth-order valence-electron chi connectivity index (χ4n) is 1.72. The number of rotatable bonds is 2. The summed E-state index contributed by atoms with van der Waals surface area (Å²) in [7, 11) is 0. The van der Waals surface area contributed by atoms with E-state index in [0.717, 1.165) is 19.6 Å². The molecular weight excluding hydrogens is 160 g/mol. The first-order chi connectivity index (χ1) is 6.24. The Morgan fingerprint density at radius 2 is 1.85 bits per heavy atom. The van der Waals surface area contributed by atoms with E-state index < -0.39 is 0 Å². The molecule has 0 atom stereocenters. The van der Waals surface area contributed by atoms with Crippen molar-refractivity contribution in [2.24, 2.45) is 0 Å². The summed E-state index contributed by atoms with van der Waals surface area (Å²) in [5, 5.41) is 0. The number of ether oxygens (including phenoxy) is 1. The zero-order chi connectivity index (χ0) is 9.31. The Kier molecular flexibility index (Phi) is 2.12. The third kappa shape index (κ3) is 1.49. The zero-order valence-corrected chi connectivity index (χ0v) is 8.34. The maximum atomic E-state index is 5.25. The third-order valence-electron chi connectivity index (χ3n) is 2.90. The van der Waals surface area contributed by atoms with E-state index in [0.29, 0.717) is 0 Å². The maximum Gasteiger partial charge on any atom is 0.0582 e. The smallest absolute Gasteiger partial charge is 0.0582 e. The van der Waals surface area contributed by atoms with Gasteiger partial charge < -0.3 is 4.74 Å². The van der Waals surface area contributed by atoms with Gasteiger partial charge in [0.2, 0.25) is 0 Å². The minimum absolute atomic E-state index is 0.284. The molecule has 0 aromatic heterocycles. The van der Waals surface area contributed by atoms with Crippen LogP contribution in [0.1, 0.15) is 25.0 Å². The van der Waals surface area contributed by atoms with Crippen molar-refractivity contribution in [3.8, 4) is 0 Å². The SMILES string of the molecule is CCc1ccc(C2(C)COC2)cc1. The second-order valence-corrected chi connectivity index (χ2v) is 4.10. The van der Waals surface area contributed by atoms with Crippen LogP contribution in [0.15, 0.2) is 24.3 Å². The predicted molar refractivity (Wildman–Crippen MR) is 54.0 cm³/mol. The Balaban J connectivity index is 2.22. The molecule has 0 radical (unpaired) electrons. The minimum Gasteiger partial charge on any atom is -0.379 e. The minimum atomic E-state index is 0.284. The summed E-state index contributed by atoms with van der Waals surface area (Å²) in [4.78, 5) is 0. The molecule has 1 aromatic carbocycles. The molecule has 0 bridgehead atoms. The van der Waals surface area contributed by atoms with E-state index in [9.17, 15) is 0 Å². The summed E-state index contributed by atoms with van der Waals surface area (Å²) in [5.41, 5.74) is 3.11. The van der Waals surface area contributed by atoms with Crippen molar-refractivity contribution >= 4 is 0 Å². The van der Waals surface area contributed by atoms with Gasteiger partial charge in [0, 0.05) is 5.41 Å². The van der Waals surface area contributed by atoms with Crippen LogP contribution in [0.4, 0.5) is 0 Å². The van der Waals surface area contributed by atoms with E-state index in [4.69, 9.17) is 4.74 Å². The molecule has 1 aliphatic heterocycles. The van der Waals surface area contributed by atoms with Crippen molar-refractivity contribution in [3.05, 3.63) is 35.4 Å². The second-order valence-electron chi connectivity index (χ2n) is 4.10. The lowest BCUT2D eigenvalue weighted by molar-refractivity contribution is -0.0500. The summed E-state index contributed by atoms with van der Waals surface area (Å²) in [6.07, 6.45) is 1.12. The molecule has 0 saturated carbocycles. The average molecular weight is 176 g/mol. The van der Waals surface area contributed by atoms with Gasteiger partial charge in [0.25, 0.3) is 0 Å². The van der Waals surface area contributed by atoms with Crippen LogP contribution in [0.3, 0.4) is 0 Å². The molecule has 0 aliphatic carbocycles. The highest BCUT2D eigenvalue weighted by molar-refractivity contribution is 5.30. The third-order valence-corrected chi connectivity index (χ3v) is 2.90. The van der Waals surface area contributed by atoms with E-state index in [1.165, 1.54) is 11.1 Å². The molecule has 1 nitrogen and oxygen atoms in total. The van der Waals surface area contributed by atoms with Crippen molar-refractivity contribution in [2.45, 2.75) is 25.7 Å². The lowest BCUT2D eigenvalue weighted by Gasteiger charge is -2.38. The molecule has 1 aromatic rings. The summed E-state index contributed by atoms with van der Waals surface area (Å²) < 4.78 is 5.25. The maximum absolute atomic E-state index is 5.25. The van der Waals surface area contributed by atoms with Gasteiger partial charge in [0.05, 0.1) is 13.2 Å². The van der Waals surface area contributed by atoms with Gasteiger partial charge in [-0.05, 0) is 17.5 Å². The van der Waals surface area contributed by atoms with Crippen molar-refractivity contribution < 1.29 is 4.74 Å². The van der Waals surface area contributed by atoms with Gasteiger partial charge in [0.1, 0.15) is 0 Å². The van der Waals surface area contributed by atoms with Crippen molar-refractivity contribution in [1.82, 2.24) is 0 Å². The van der Waals surface area contributed by atoms with Crippen LogP contribution in [0.2, 0.25) is 0 Å². The second kappa shape index (κ2) is 3.15. The molecular formula is C12H16O. The summed E-state index contributed by atoms with van der Waals surface area (Å²) in [6.45, 7) is 6.19. The van der Waals surface area contributed by atoms with Crippen LogP contribution in [-0.2, 0) is 16.6 Å².